The second kappa shape index (κ2) is 6.98. The molecular formula is C18H24N4O3. The van der Waals surface area contributed by atoms with Crippen molar-refractivity contribution in [1.82, 2.24) is 14.9 Å². The predicted molar refractivity (Wildman–Crippen MR) is 90.7 cm³/mol. The van der Waals surface area contributed by atoms with Gasteiger partial charge in [-0.3, -0.25) is 9.59 Å². The van der Waals surface area contributed by atoms with E-state index in [-0.39, 0.29) is 24.4 Å². The van der Waals surface area contributed by atoms with E-state index in [0.29, 0.717) is 44.0 Å². The molecule has 1 amide bonds. The molecule has 2 bridgehead atoms. The number of carbonyl (C=O) groups excluding carboxylic acids is 2. The van der Waals surface area contributed by atoms with Gasteiger partial charge in [0.15, 0.2) is 6.61 Å². The SMILES string of the molecule is O=C(OCC(=O)N1CCN(c2ncccn2)CC1)C1CC2CCC1C2. The Labute approximate surface area is 147 Å². The second-order valence-corrected chi connectivity index (χ2v) is 7.31. The fraction of sp³-hybridized carbons (Fsp3) is 0.667. The number of fused-ring (bicyclic) bond motifs is 2. The highest BCUT2D eigenvalue weighted by molar-refractivity contribution is 5.81. The fourth-order valence-electron chi connectivity index (χ4n) is 4.47. The Morgan fingerprint density at radius 2 is 1.84 bits per heavy atom. The van der Waals surface area contributed by atoms with Crippen molar-refractivity contribution in [3.05, 3.63) is 18.5 Å². The number of hydrogen-bond donors (Lipinski definition) is 0. The summed E-state index contributed by atoms with van der Waals surface area (Å²) in [6, 6.07) is 1.79. The van der Waals surface area contributed by atoms with Crippen molar-refractivity contribution in [2.24, 2.45) is 17.8 Å². The van der Waals surface area contributed by atoms with Crippen LogP contribution in [0.5, 0.6) is 0 Å². The van der Waals surface area contributed by atoms with Gasteiger partial charge in [0.25, 0.3) is 5.91 Å². The molecule has 3 unspecified atom stereocenters. The Balaban J connectivity index is 1.22. The van der Waals surface area contributed by atoms with Crippen molar-refractivity contribution >= 4 is 17.8 Å². The standard InChI is InChI=1S/C18H24N4O3/c23-16(12-25-17(24)15-11-13-2-3-14(15)10-13)21-6-8-22(9-7-21)18-19-4-1-5-20-18/h1,4-5,13-15H,2-3,6-12H2. The van der Waals surface area contributed by atoms with Crippen molar-refractivity contribution in [2.45, 2.75) is 25.7 Å². The molecule has 0 N–H and O–H groups in total. The Morgan fingerprint density at radius 1 is 1.08 bits per heavy atom. The van der Waals surface area contributed by atoms with Crippen LogP contribution in [0.25, 0.3) is 0 Å². The number of amides is 1. The molecule has 7 heteroatoms. The highest BCUT2D eigenvalue weighted by Crippen LogP contribution is 2.48. The lowest BCUT2D eigenvalue weighted by molar-refractivity contribution is -0.157. The third kappa shape index (κ3) is 3.45. The van der Waals surface area contributed by atoms with Gasteiger partial charge in [0.2, 0.25) is 5.95 Å². The zero-order valence-corrected chi connectivity index (χ0v) is 14.3. The summed E-state index contributed by atoms with van der Waals surface area (Å²) in [7, 11) is 0. The molecule has 3 aliphatic rings. The molecule has 0 aromatic carbocycles. The van der Waals surface area contributed by atoms with Crippen LogP contribution in [-0.4, -0.2) is 59.5 Å². The number of ether oxygens (including phenoxy) is 1. The van der Waals surface area contributed by atoms with E-state index in [1.165, 1.54) is 6.42 Å². The van der Waals surface area contributed by atoms with Crippen LogP contribution in [0, 0.1) is 17.8 Å². The van der Waals surface area contributed by atoms with Crippen LogP contribution in [0.4, 0.5) is 5.95 Å². The van der Waals surface area contributed by atoms with E-state index in [1.807, 2.05) is 0 Å². The molecule has 4 rings (SSSR count). The van der Waals surface area contributed by atoms with E-state index in [4.69, 9.17) is 4.74 Å². The van der Waals surface area contributed by atoms with E-state index in [9.17, 15) is 9.59 Å². The number of carbonyl (C=O) groups is 2. The predicted octanol–water partition coefficient (Wildman–Crippen LogP) is 1.10. The van der Waals surface area contributed by atoms with Crippen molar-refractivity contribution < 1.29 is 14.3 Å². The Morgan fingerprint density at radius 3 is 2.48 bits per heavy atom. The van der Waals surface area contributed by atoms with Gasteiger partial charge in [0.05, 0.1) is 5.92 Å². The smallest absolute Gasteiger partial charge is 0.309 e. The zero-order valence-electron chi connectivity index (χ0n) is 14.3. The van der Waals surface area contributed by atoms with Gasteiger partial charge < -0.3 is 14.5 Å². The normalized spacial score (nSPS) is 28.2. The molecule has 25 heavy (non-hydrogen) atoms. The van der Waals surface area contributed by atoms with E-state index >= 15 is 0 Å². The number of rotatable bonds is 4. The van der Waals surface area contributed by atoms with Gasteiger partial charge in [-0.1, -0.05) is 6.42 Å². The first-order chi connectivity index (χ1) is 12.2. The Hall–Kier alpha value is -2.18. The molecule has 1 aromatic heterocycles. The molecule has 1 saturated heterocycles. The third-order valence-electron chi connectivity index (χ3n) is 5.85. The summed E-state index contributed by atoms with van der Waals surface area (Å²) in [6.07, 6.45) is 7.94. The summed E-state index contributed by atoms with van der Waals surface area (Å²) in [5.74, 6) is 1.63. The number of hydrogen-bond acceptors (Lipinski definition) is 6. The lowest BCUT2D eigenvalue weighted by Gasteiger charge is -2.34. The van der Waals surface area contributed by atoms with Crippen molar-refractivity contribution in [2.75, 3.05) is 37.7 Å². The molecule has 7 nitrogen and oxygen atoms in total. The Kier molecular flexibility index (Phi) is 4.55. The quantitative estimate of drug-likeness (QED) is 0.762. The van der Waals surface area contributed by atoms with E-state index < -0.39 is 0 Å². The highest BCUT2D eigenvalue weighted by Gasteiger charge is 2.44. The van der Waals surface area contributed by atoms with Crippen LogP contribution < -0.4 is 4.90 Å². The molecule has 3 atom stereocenters. The van der Waals surface area contributed by atoms with Crippen LogP contribution >= 0.6 is 0 Å². The summed E-state index contributed by atoms with van der Waals surface area (Å²) < 4.78 is 5.34. The molecule has 0 radical (unpaired) electrons. The maximum absolute atomic E-state index is 12.3. The van der Waals surface area contributed by atoms with Gasteiger partial charge in [-0.25, -0.2) is 9.97 Å². The summed E-state index contributed by atoms with van der Waals surface area (Å²) >= 11 is 0. The number of aromatic nitrogens is 2. The molecule has 134 valence electrons. The first-order valence-corrected chi connectivity index (χ1v) is 9.17. The van der Waals surface area contributed by atoms with Crippen molar-refractivity contribution in [1.29, 1.82) is 0 Å². The summed E-state index contributed by atoms with van der Waals surface area (Å²) in [5.41, 5.74) is 0. The number of esters is 1. The average molecular weight is 344 g/mol. The third-order valence-corrected chi connectivity index (χ3v) is 5.85. The second-order valence-electron chi connectivity index (χ2n) is 7.31. The van der Waals surface area contributed by atoms with E-state index in [2.05, 4.69) is 14.9 Å². The first kappa shape index (κ1) is 16.3. The minimum Gasteiger partial charge on any atom is -0.455 e. The van der Waals surface area contributed by atoms with Crippen LogP contribution in [0.15, 0.2) is 18.5 Å². The lowest BCUT2D eigenvalue weighted by Crippen LogP contribution is -2.50. The topological polar surface area (TPSA) is 75.6 Å². The van der Waals surface area contributed by atoms with Crippen molar-refractivity contribution in [3.8, 4) is 0 Å². The van der Waals surface area contributed by atoms with Crippen molar-refractivity contribution in [3.63, 3.8) is 0 Å². The molecule has 0 spiro atoms. The maximum Gasteiger partial charge on any atom is 0.309 e. The number of anilines is 1. The van der Waals surface area contributed by atoms with Crippen LogP contribution in [0.1, 0.15) is 25.7 Å². The van der Waals surface area contributed by atoms with Crippen LogP contribution in [0.3, 0.4) is 0 Å². The molecular weight excluding hydrogens is 320 g/mol. The minimum atomic E-state index is -0.170. The van der Waals surface area contributed by atoms with Gasteiger partial charge in [-0.05, 0) is 37.2 Å². The van der Waals surface area contributed by atoms with E-state index in [1.54, 1.807) is 23.4 Å². The van der Waals surface area contributed by atoms with E-state index in [0.717, 1.165) is 19.3 Å². The summed E-state index contributed by atoms with van der Waals surface area (Å²) in [5, 5.41) is 0. The van der Waals surface area contributed by atoms with Gasteiger partial charge in [-0.15, -0.1) is 0 Å². The maximum atomic E-state index is 12.3. The molecule has 1 aromatic rings. The van der Waals surface area contributed by atoms with Gasteiger partial charge in [0.1, 0.15) is 0 Å². The summed E-state index contributed by atoms with van der Waals surface area (Å²) in [4.78, 5) is 36.9. The molecule has 1 aliphatic heterocycles. The van der Waals surface area contributed by atoms with Gasteiger partial charge in [0, 0.05) is 38.6 Å². The highest BCUT2D eigenvalue weighted by atomic mass is 16.5. The molecule has 2 heterocycles. The molecule has 3 fully saturated rings. The molecule has 2 saturated carbocycles. The number of piperazine rings is 1. The monoisotopic (exact) mass is 344 g/mol. The molecule has 2 aliphatic carbocycles. The van der Waals surface area contributed by atoms with Gasteiger partial charge in [-0.2, -0.15) is 0 Å². The Bertz CT molecular complexity index is 630. The number of nitrogens with zero attached hydrogens (tertiary/aromatic N) is 4. The average Bonchev–Trinajstić information content (AvgIpc) is 3.30. The zero-order chi connectivity index (χ0) is 17.2. The lowest BCUT2D eigenvalue weighted by atomic mass is 9.89. The fourth-order valence-corrected chi connectivity index (χ4v) is 4.47. The van der Waals surface area contributed by atoms with Crippen LogP contribution in [-0.2, 0) is 14.3 Å². The van der Waals surface area contributed by atoms with Crippen LogP contribution in [0.2, 0.25) is 0 Å². The minimum absolute atomic E-state index is 0.0265. The first-order valence-electron chi connectivity index (χ1n) is 9.17. The van der Waals surface area contributed by atoms with Gasteiger partial charge >= 0.3 is 5.97 Å². The largest absolute Gasteiger partial charge is 0.455 e. The summed E-state index contributed by atoms with van der Waals surface area (Å²) in [6.45, 7) is 2.45.